The van der Waals surface area contributed by atoms with E-state index in [0.29, 0.717) is 17.7 Å². The van der Waals surface area contributed by atoms with Gasteiger partial charge in [-0.2, -0.15) is 4.98 Å². The lowest BCUT2D eigenvalue weighted by atomic mass is 10.1. The average Bonchev–Trinajstić information content (AvgIpc) is 3.40. The maximum atomic E-state index is 12.6. The zero-order valence-corrected chi connectivity index (χ0v) is 21.2. The first-order valence-corrected chi connectivity index (χ1v) is 13.0. The highest BCUT2D eigenvalue weighted by Gasteiger charge is 2.31. The normalized spacial score (nSPS) is 14.6. The molecule has 5 rings (SSSR count). The predicted octanol–water partition coefficient (Wildman–Crippen LogP) is 4.91. The minimum Gasteiger partial charge on any atom is -0.406 e. The third-order valence-corrected chi connectivity index (χ3v) is 7.01. The Morgan fingerprint density at radius 3 is 2.45 bits per heavy atom. The van der Waals surface area contributed by atoms with Crippen LogP contribution in [0.25, 0.3) is 22.8 Å². The van der Waals surface area contributed by atoms with Gasteiger partial charge in [0.2, 0.25) is 5.82 Å². The first kappa shape index (κ1) is 25.9. The van der Waals surface area contributed by atoms with Crippen molar-refractivity contribution in [2.24, 2.45) is 0 Å². The summed E-state index contributed by atoms with van der Waals surface area (Å²) in [4.78, 5) is 19.3. The molecule has 2 aromatic heterocycles. The van der Waals surface area contributed by atoms with E-state index >= 15 is 0 Å². The lowest BCUT2D eigenvalue weighted by molar-refractivity contribution is -0.274. The van der Waals surface area contributed by atoms with Crippen LogP contribution in [0.3, 0.4) is 0 Å². The van der Waals surface area contributed by atoms with Crippen LogP contribution in [0, 0.1) is 0 Å². The number of ether oxygens (including phenoxy) is 1. The van der Waals surface area contributed by atoms with Gasteiger partial charge in [0.15, 0.2) is 0 Å². The summed E-state index contributed by atoms with van der Waals surface area (Å²) >= 11 is 1.76. The third-order valence-electron chi connectivity index (χ3n) is 6.13. The van der Waals surface area contributed by atoms with Gasteiger partial charge in [0.25, 0.3) is 11.4 Å². The van der Waals surface area contributed by atoms with E-state index < -0.39 is 6.36 Å². The van der Waals surface area contributed by atoms with Gasteiger partial charge in [-0.05, 0) is 54.3 Å². The summed E-state index contributed by atoms with van der Waals surface area (Å²) in [6.45, 7) is 4.23. The first-order valence-electron chi connectivity index (χ1n) is 11.8. The summed E-state index contributed by atoms with van der Waals surface area (Å²) < 4.78 is 50.4. The fourth-order valence-corrected chi connectivity index (χ4v) is 4.75. The van der Waals surface area contributed by atoms with E-state index in [9.17, 15) is 18.0 Å². The second-order valence-electron chi connectivity index (χ2n) is 8.65. The van der Waals surface area contributed by atoms with E-state index in [-0.39, 0.29) is 23.0 Å². The van der Waals surface area contributed by atoms with Gasteiger partial charge in [0, 0.05) is 49.7 Å². The molecule has 1 fully saturated rings. The van der Waals surface area contributed by atoms with Crippen LogP contribution in [-0.4, -0.2) is 57.8 Å². The summed E-state index contributed by atoms with van der Waals surface area (Å²) in [7, 11) is 0. The van der Waals surface area contributed by atoms with Crippen LogP contribution in [0.4, 0.5) is 18.9 Å². The maximum Gasteiger partial charge on any atom is 0.573 e. The Hall–Kier alpha value is -3.77. The summed E-state index contributed by atoms with van der Waals surface area (Å²) in [5.74, 6) is 0.0405. The van der Waals surface area contributed by atoms with Crippen LogP contribution >= 0.6 is 11.9 Å². The number of pyridine rings is 1. The zero-order chi connectivity index (χ0) is 26.7. The predicted molar refractivity (Wildman–Crippen MR) is 139 cm³/mol. The third kappa shape index (κ3) is 6.20. The molecule has 3 heterocycles. The smallest absolute Gasteiger partial charge is 0.406 e. The molecule has 1 aliphatic rings. The van der Waals surface area contributed by atoms with Crippen molar-refractivity contribution in [1.82, 2.24) is 19.0 Å². The lowest BCUT2D eigenvalue weighted by Gasteiger charge is -2.35. The topological polar surface area (TPSA) is 76.6 Å². The van der Waals surface area contributed by atoms with Crippen LogP contribution in [-0.2, 0) is 6.54 Å². The Labute approximate surface area is 220 Å². The number of aromatic nitrogens is 3. The standard InChI is InChI=1S/C26H24F3N5O3S/c1-38-34-13-11-32(12-14-34)21-4-2-3-18(15-21)16-33-17-20(7-10-23(33)35)25-30-24(31-37-25)19-5-8-22(9-6-19)36-26(27,28)29/h2-10,15,17H,11-14,16H2,1H3. The molecule has 0 saturated carbocycles. The van der Waals surface area contributed by atoms with Gasteiger partial charge in [-0.15, -0.1) is 13.2 Å². The van der Waals surface area contributed by atoms with Gasteiger partial charge in [0.1, 0.15) is 5.75 Å². The van der Waals surface area contributed by atoms with Crippen molar-refractivity contribution in [1.29, 1.82) is 0 Å². The van der Waals surface area contributed by atoms with Crippen LogP contribution in [0.15, 0.2) is 76.2 Å². The number of piperazine rings is 1. The van der Waals surface area contributed by atoms with Crippen molar-refractivity contribution in [2.45, 2.75) is 12.9 Å². The number of alkyl halides is 3. The highest BCUT2D eigenvalue weighted by molar-refractivity contribution is 7.96. The Morgan fingerprint density at radius 2 is 1.74 bits per heavy atom. The van der Waals surface area contributed by atoms with E-state index in [0.717, 1.165) is 37.4 Å². The summed E-state index contributed by atoms with van der Waals surface area (Å²) in [5, 5.41) is 3.93. The molecule has 0 radical (unpaired) electrons. The monoisotopic (exact) mass is 543 g/mol. The average molecular weight is 544 g/mol. The van der Waals surface area contributed by atoms with Crippen LogP contribution < -0.4 is 15.2 Å². The van der Waals surface area contributed by atoms with Gasteiger partial charge >= 0.3 is 6.36 Å². The van der Waals surface area contributed by atoms with E-state index in [1.54, 1.807) is 28.8 Å². The minimum absolute atomic E-state index is 0.173. The van der Waals surface area contributed by atoms with Crippen molar-refractivity contribution in [3.8, 4) is 28.6 Å². The number of nitrogens with zero attached hydrogens (tertiary/aromatic N) is 5. The van der Waals surface area contributed by atoms with Gasteiger partial charge in [-0.25, -0.2) is 4.31 Å². The molecular weight excluding hydrogens is 519 g/mol. The molecular formula is C26H24F3N5O3S. The fourth-order valence-electron chi connectivity index (χ4n) is 4.22. The van der Waals surface area contributed by atoms with E-state index in [2.05, 4.69) is 42.5 Å². The molecule has 0 spiro atoms. The fraction of sp³-hybridized carbons (Fsp3) is 0.269. The lowest BCUT2D eigenvalue weighted by Crippen LogP contribution is -2.43. The molecule has 0 amide bonds. The number of rotatable bonds is 7. The largest absolute Gasteiger partial charge is 0.573 e. The van der Waals surface area contributed by atoms with Crippen molar-refractivity contribution < 1.29 is 22.4 Å². The number of hydrogen-bond acceptors (Lipinski definition) is 8. The van der Waals surface area contributed by atoms with Crippen molar-refractivity contribution in [3.63, 3.8) is 0 Å². The molecule has 0 bridgehead atoms. The molecule has 2 aromatic carbocycles. The number of benzene rings is 2. The molecule has 4 aromatic rings. The highest BCUT2D eigenvalue weighted by Crippen LogP contribution is 2.27. The molecule has 12 heteroatoms. The minimum atomic E-state index is -4.77. The van der Waals surface area contributed by atoms with Gasteiger partial charge in [-0.1, -0.05) is 29.2 Å². The van der Waals surface area contributed by atoms with Crippen molar-refractivity contribution >= 4 is 17.6 Å². The van der Waals surface area contributed by atoms with Crippen molar-refractivity contribution in [3.05, 3.63) is 82.8 Å². The summed E-state index contributed by atoms with van der Waals surface area (Å²) in [6, 6.07) is 16.4. The van der Waals surface area contributed by atoms with Crippen LogP contribution in [0.5, 0.6) is 5.75 Å². The Morgan fingerprint density at radius 1 is 1.00 bits per heavy atom. The molecule has 38 heavy (non-hydrogen) atoms. The maximum absolute atomic E-state index is 12.6. The molecule has 0 aliphatic carbocycles. The molecule has 0 N–H and O–H groups in total. The van der Waals surface area contributed by atoms with Crippen molar-refractivity contribution in [2.75, 3.05) is 37.3 Å². The number of anilines is 1. The van der Waals surface area contributed by atoms with Gasteiger partial charge < -0.3 is 18.7 Å². The van der Waals surface area contributed by atoms with Crippen LogP contribution in [0.1, 0.15) is 5.56 Å². The Balaban J connectivity index is 1.31. The van der Waals surface area contributed by atoms with Gasteiger partial charge in [-0.3, -0.25) is 4.79 Å². The van der Waals surface area contributed by atoms with Gasteiger partial charge in [0.05, 0.1) is 12.1 Å². The molecule has 0 atom stereocenters. The molecule has 198 valence electrons. The Bertz CT molecular complexity index is 1450. The summed E-state index contributed by atoms with van der Waals surface area (Å²) in [6.07, 6.45) is -1.02. The Kier molecular flexibility index (Phi) is 7.43. The molecule has 8 nitrogen and oxygen atoms in total. The van der Waals surface area contributed by atoms with E-state index in [1.807, 2.05) is 12.1 Å². The quantitative estimate of drug-likeness (QED) is 0.305. The number of hydrogen-bond donors (Lipinski definition) is 0. The van der Waals surface area contributed by atoms with E-state index in [4.69, 9.17) is 4.52 Å². The molecule has 1 aliphatic heterocycles. The highest BCUT2D eigenvalue weighted by atomic mass is 32.2. The molecule has 1 saturated heterocycles. The van der Waals surface area contributed by atoms with Crippen LogP contribution in [0.2, 0.25) is 0 Å². The zero-order valence-electron chi connectivity index (χ0n) is 20.4. The SMILES string of the molecule is CSN1CCN(c2cccc(Cn3cc(-c4nc(-c5ccc(OC(F)(F)F)cc5)no4)ccc3=O)c2)CC1. The second-order valence-corrected chi connectivity index (χ2v) is 9.53. The molecule has 0 unspecified atom stereocenters. The number of halogens is 3. The summed E-state index contributed by atoms with van der Waals surface area (Å²) in [5.41, 5.74) is 2.94. The second kappa shape index (κ2) is 10.9. The first-order chi connectivity index (χ1) is 18.3. The van der Waals surface area contributed by atoms with E-state index in [1.165, 1.54) is 30.3 Å².